The van der Waals surface area contributed by atoms with Crippen LogP contribution in [0, 0.1) is 11.8 Å². The maximum absolute atomic E-state index is 11.8. The SMILES string of the molecule is COC(=O)CC(=O)NCC(CC1CCCCC1)C(=O)OC. The normalized spacial score (nSPS) is 16.9. The summed E-state index contributed by atoms with van der Waals surface area (Å²) >= 11 is 0. The zero-order valence-electron chi connectivity index (χ0n) is 12.9. The summed E-state index contributed by atoms with van der Waals surface area (Å²) in [5, 5.41) is 2.61. The molecule has 1 atom stereocenters. The molecule has 0 heterocycles. The Balaban J connectivity index is 2.44. The summed E-state index contributed by atoms with van der Waals surface area (Å²) in [6.45, 7) is 0.207. The van der Waals surface area contributed by atoms with Gasteiger partial charge in [0.2, 0.25) is 5.91 Å². The van der Waals surface area contributed by atoms with Crippen molar-refractivity contribution < 1.29 is 23.9 Å². The number of carbonyl (C=O) groups is 3. The van der Waals surface area contributed by atoms with Gasteiger partial charge in [0.25, 0.3) is 0 Å². The summed E-state index contributed by atoms with van der Waals surface area (Å²) in [6, 6.07) is 0. The highest BCUT2D eigenvalue weighted by atomic mass is 16.5. The third-order valence-corrected chi connectivity index (χ3v) is 3.96. The van der Waals surface area contributed by atoms with Gasteiger partial charge >= 0.3 is 11.9 Å². The number of hydrogen-bond donors (Lipinski definition) is 1. The maximum atomic E-state index is 11.8. The molecule has 1 aliphatic rings. The number of carbonyl (C=O) groups excluding carboxylic acids is 3. The van der Waals surface area contributed by atoms with Gasteiger partial charge in [0.05, 0.1) is 20.1 Å². The second-order valence-corrected chi connectivity index (χ2v) is 5.52. The highest BCUT2D eigenvalue weighted by molar-refractivity contribution is 5.94. The van der Waals surface area contributed by atoms with E-state index >= 15 is 0 Å². The molecule has 120 valence electrons. The fourth-order valence-corrected chi connectivity index (χ4v) is 2.76. The highest BCUT2D eigenvalue weighted by Crippen LogP contribution is 2.29. The monoisotopic (exact) mass is 299 g/mol. The van der Waals surface area contributed by atoms with E-state index in [4.69, 9.17) is 4.74 Å². The van der Waals surface area contributed by atoms with Crippen molar-refractivity contribution in [1.82, 2.24) is 5.32 Å². The molecular formula is C15H25NO5. The average molecular weight is 299 g/mol. The largest absolute Gasteiger partial charge is 0.469 e. The summed E-state index contributed by atoms with van der Waals surface area (Å²) in [5.74, 6) is -1.16. The van der Waals surface area contributed by atoms with Crippen molar-refractivity contribution in [2.24, 2.45) is 11.8 Å². The predicted molar refractivity (Wildman–Crippen MR) is 76.3 cm³/mol. The van der Waals surface area contributed by atoms with E-state index in [0.29, 0.717) is 5.92 Å². The van der Waals surface area contributed by atoms with Crippen LogP contribution in [0.15, 0.2) is 0 Å². The first-order valence-corrected chi connectivity index (χ1v) is 7.48. The van der Waals surface area contributed by atoms with Crippen LogP contribution in [0.25, 0.3) is 0 Å². The van der Waals surface area contributed by atoms with Crippen molar-refractivity contribution >= 4 is 17.8 Å². The van der Waals surface area contributed by atoms with Gasteiger partial charge in [-0.25, -0.2) is 0 Å². The van der Waals surface area contributed by atoms with Gasteiger partial charge in [-0.2, -0.15) is 0 Å². The fraction of sp³-hybridized carbons (Fsp3) is 0.800. The molecule has 1 amide bonds. The molecule has 0 aromatic heterocycles. The number of ether oxygens (including phenoxy) is 2. The minimum absolute atomic E-state index is 0.207. The smallest absolute Gasteiger partial charge is 0.315 e. The van der Waals surface area contributed by atoms with Gasteiger partial charge in [0.1, 0.15) is 6.42 Å². The van der Waals surface area contributed by atoms with Gasteiger partial charge in [0, 0.05) is 6.54 Å². The van der Waals surface area contributed by atoms with Crippen LogP contribution < -0.4 is 5.32 Å². The summed E-state index contributed by atoms with van der Waals surface area (Å²) in [6.07, 6.45) is 6.32. The number of amides is 1. The standard InChI is InChI=1S/C15H25NO5/c1-20-14(18)9-13(17)16-10-12(15(19)21-2)8-11-6-4-3-5-7-11/h11-12H,3-10H2,1-2H3,(H,16,17). The Morgan fingerprint density at radius 3 is 2.33 bits per heavy atom. The molecule has 0 aromatic rings. The Morgan fingerprint density at radius 1 is 1.10 bits per heavy atom. The summed E-state index contributed by atoms with van der Waals surface area (Å²) < 4.78 is 9.23. The molecule has 1 aliphatic carbocycles. The molecule has 1 fully saturated rings. The van der Waals surface area contributed by atoms with Crippen molar-refractivity contribution in [3.05, 3.63) is 0 Å². The molecule has 0 aliphatic heterocycles. The molecule has 1 unspecified atom stereocenters. The maximum Gasteiger partial charge on any atom is 0.315 e. The van der Waals surface area contributed by atoms with E-state index in [0.717, 1.165) is 19.3 Å². The van der Waals surface area contributed by atoms with Crippen molar-refractivity contribution in [1.29, 1.82) is 0 Å². The zero-order valence-corrected chi connectivity index (χ0v) is 12.9. The van der Waals surface area contributed by atoms with E-state index in [1.165, 1.54) is 33.5 Å². The molecular weight excluding hydrogens is 274 g/mol. The van der Waals surface area contributed by atoms with E-state index in [-0.39, 0.29) is 24.9 Å². The van der Waals surface area contributed by atoms with Crippen molar-refractivity contribution in [2.45, 2.75) is 44.9 Å². The van der Waals surface area contributed by atoms with Crippen LogP contribution in [0.4, 0.5) is 0 Å². The Hall–Kier alpha value is -1.59. The quantitative estimate of drug-likeness (QED) is 0.568. The molecule has 1 N–H and O–H groups in total. The van der Waals surface area contributed by atoms with Gasteiger partial charge in [-0.15, -0.1) is 0 Å². The lowest BCUT2D eigenvalue weighted by Gasteiger charge is -2.25. The number of rotatable bonds is 7. The highest BCUT2D eigenvalue weighted by Gasteiger charge is 2.25. The Labute approximate surface area is 125 Å². The van der Waals surface area contributed by atoms with Gasteiger partial charge in [-0.05, 0) is 12.3 Å². The first-order chi connectivity index (χ1) is 10.1. The molecule has 1 saturated carbocycles. The Morgan fingerprint density at radius 2 is 1.76 bits per heavy atom. The van der Waals surface area contributed by atoms with Crippen molar-refractivity contribution in [2.75, 3.05) is 20.8 Å². The van der Waals surface area contributed by atoms with E-state index in [9.17, 15) is 14.4 Å². The van der Waals surface area contributed by atoms with Crippen LogP contribution in [0.3, 0.4) is 0 Å². The number of hydrogen-bond acceptors (Lipinski definition) is 5. The van der Waals surface area contributed by atoms with Gasteiger partial charge in [0.15, 0.2) is 0 Å². The first-order valence-electron chi connectivity index (χ1n) is 7.48. The van der Waals surface area contributed by atoms with Crippen molar-refractivity contribution in [3.63, 3.8) is 0 Å². The summed E-state index contributed by atoms with van der Waals surface area (Å²) in [7, 11) is 2.59. The third-order valence-electron chi connectivity index (χ3n) is 3.96. The molecule has 0 spiro atoms. The fourth-order valence-electron chi connectivity index (χ4n) is 2.76. The van der Waals surface area contributed by atoms with Crippen molar-refractivity contribution in [3.8, 4) is 0 Å². The van der Waals surface area contributed by atoms with Crippen LogP contribution in [0.1, 0.15) is 44.9 Å². The number of esters is 2. The van der Waals surface area contributed by atoms with Gasteiger partial charge in [-0.1, -0.05) is 32.1 Å². The summed E-state index contributed by atoms with van der Waals surface area (Å²) in [4.78, 5) is 34.4. The molecule has 6 heteroatoms. The second kappa shape index (κ2) is 9.37. The molecule has 0 radical (unpaired) electrons. The Kier molecular flexibility index (Phi) is 7.79. The molecule has 0 bridgehead atoms. The van der Waals surface area contributed by atoms with E-state index in [1.54, 1.807) is 0 Å². The lowest BCUT2D eigenvalue weighted by atomic mass is 9.82. The van der Waals surface area contributed by atoms with Gasteiger partial charge in [-0.3, -0.25) is 14.4 Å². The summed E-state index contributed by atoms with van der Waals surface area (Å²) in [5.41, 5.74) is 0. The van der Waals surface area contributed by atoms with Crippen LogP contribution in [0.5, 0.6) is 0 Å². The average Bonchev–Trinajstić information content (AvgIpc) is 2.51. The third kappa shape index (κ3) is 6.60. The molecule has 0 aromatic carbocycles. The first kappa shape index (κ1) is 17.5. The lowest BCUT2D eigenvalue weighted by Crippen LogP contribution is -2.35. The minimum atomic E-state index is -0.589. The van der Waals surface area contributed by atoms with E-state index in [2.05, 4.69) is 10.1 Å². The Bertz CT molecular complexity index is 363. The molecule has 21 heavy (non-hydrogen) atoms. The topological polar surface area (TPSA) is 81.7 Å². The second-order valence-electron chi connectivity index (χ2n) is 5.52. The van der Waals surface area contributed by atoms with E-state index < -0.39 is 11.9 Å². The van der Waals surface area contributed by atoms with E-state index in [1.807, 2.05) is 0 Å². The minimum Gasteiger partial charge on any atom is -0.469 e. The predicted octanol–water partition coefficient (Wildman–Crippen LogP) is 1.43. The molecule has 6 nitrogen and oxygen atoms in total. The van der Waals surface area contributed by atoms with Crippen LogP contribution in [0.2, 0.25) is 0 Å². The lowest BCUT2D eigenvalue weighted by molar-refractivity contribution is -0.146. The molecule has 0 saturated heterocycles. The van der Waals surface area contributed by atoms with Gasteiger partial charge < -0.3 is 14.8 Å². The number of nitrogens with one attached hydrogen (secondary N) is 1. The number of methoxy groups -OCH3 is 2. The van der Waals surface area contributed by atoms with Crippen LogP contribution >= 0.6 is 0 Å². The molecule has 1 rings (SSSR count). The van der Waals surface area contributed by atoms with Crippen LogP contribution in [-0.2, 0) is 23.9 Å². The zero-order chi connectivity index (χ0) is 15.7. The van der Waals surface area contributed by atoms with Crippen LogP contribution in [-0.4, -0.2) is 38.6 Å².